The summed E-state index contributed by atoms with van der Waals surface area (Å²) in [6, 6.07) is 20.3. The number of hydrogen-bond acceptors (Lipinski definition) is 7. The Kier molecular flexibility index (Phi) is 7.08. The van der Waals surface area contributed by atoms with Crippen LogP contribution >= 0.6 is 11.6 Å². The molecular formula is C27H20ClFN4O4S. The minimum atomic E-state index is -3.51. The number of sulfonamides is 1. The minimum absolute atomic E-state index is 0.179. The van der Waals surface area contributed by atoms with Crippen LogP contribution in [0.25, 0.3) is 22.2 Å². The SMILES string of the molecule is CS(=O)(=O)N=Cc1ccc(-c2ccc3ncnc(Nc4ccc(OCc5cccc(F)c5)c(Cl)c4)c3c2)o1. The number of halogens is 2. The number of rotatable bonds is 8. The summed E-state index contributed by atoms with van der Waals surface area (Å²) in [5.41, 5.74) is 2.82. The molecule has 0 unspecified atom stereocenters. The molecule has 2 aromatic heterocycles. The maximum Gasteiger partial charge on any atom is 0.250 e. The lowest BCUT2D eigenvalue weighted by atomic mass is 10.1. The van der Waals surface area contributed by atoms with Crippen LogP contribution in [-0.4, -0.2) is 30.9 Å². The van der Waals surface area contributed by atoms with E-state index in [1.807, 2.05) is 18.2 Å². The predicted octanol–water partition coefficient (Wildman–Crippen LogP) is 6.38. The summed E-state index contributed by atoms with van der Waals surface area (Å²) < 4.78 is 50.9. The molecule has 2 heterocycles. The zero-order chi connectivity index (χ0) is 26.7. The van der Waals surface area contributed by atoms with Crippen LogP contribution in [0.2, 0.25) is 5.02 Å². The average Bonchev–Trinajstić information content (AvgIpc) is 3.36. The number of furan rings is 1. The quantitative estimate of drug-likeness (QED) is 0.223. The van der Waals surface area contributed by atoms with E-state index in [-0.39, 0.29) is 12.4 Å². The standard InChI is InChI=1S/C27H20ClFN4O4S/c1-38(34,35)32-14-21-7-10-25(37-21)18-5-8-24-22(12-18)27(31-16-30-24)33-20-6-9-26(23(28)13-20)36-15-17-3-2-4-19(29)11-17/h2-14,16H,15H2,1H3,(H,30,31,33). The van der Waals surface area contributed by atoms with E-state index in [1.165, 1.54) is 18.5 Å². The Bertz CT molecular complexity index is 1770. The van der Waals surface area contributed by atoms with Crippen LogP contribution in [0.15, 0.2) is 87.9 Å². The van der Waals surface area contributed by atoms with Gasteiger partial charge in [-0.2, -0.15) is 4.40 Å². The van der Waals surface area contributed by atoms with Crippen molar-refractivity contribution in [2.45, 2.75) is 6.61 Å². The predicted molar refractivity (Wildman–Crippen MR) is 145 cm³/mol. The fraction of sp³-hybridized carbons (Fsp3) is 0.0741. The van der Waals surface area contributed by atoms with E-state index >= 15 is 0 Å². The zero-order valence-corrected chi connectivity index (χ0v) is 21.5. The number of nitrogens with zero attached hydrogens (tertiary/aromatic N) is 3. The molecule has 0 aliphatic carbocycles. The summed E-state index contributed by atoms with van der Waals surface area (Å²) in [6.07, 6.45) is 3.62. The molecule has 5 rings (SSSR count). The van der Waals surface area contributed by atoms with Gasteiger partial charge in [0, 0.05) is 16.6 Å². The average molecular weight is 551 g/mol. The highest BCUT2D eigenvalue weighted by Gasteiger charge is 2.11. The molecule has 0 radical (unpaired) electrons. The second kappa shape index (κ2) is 10.6. The van der Waals surface area contributed by atoms with Crippen molar-refractivity contribution in [1.82, 2.24) is 9.97 Å². The van der Waals surface area contributed by atoms with Crippen LogP contribution in [0.3, 0.4) is 0 Å². The summed E-state index contributed by atoms with van der Waals surface area (Å²) in [5, 5.41) is 4.37. The van der Waals surface area contributed by atoms with Crippen LogP contribution in [0.4, 0.5) is 15.9 Å². The second-order valence-electron chi connectivity index (χ2n) is 8.31. The molecule has 0 fully saturated rings. The van der Waals surface area contributed by atoms with E-state index < -0.39 is 10.0 Å². The van der Waals surface area contributed by atoms with Gasteiger partial charge in [0.05, 0.1) is 23.0 Å². The normalized spacial score (nSPS) is 11.8. The molecule has 0 aliphatic heterocycles. The first-order valence-corrected chi connectivity index (χ1v) is 13.5. The Morgan fingerprint density at radius 2 is 1.95 bits per heavy atom. The highest BCUT2D eigenvalue weighted by Crippen LogP contribution is 2.32. The van der Waals surface area contributed by atoms with Crippen molar-refractivity contribution in [3.05, 3.63) is 101 Å². The molecule has 3 aromatic carbocycles. The molecule has 1 N–H and O–H groups in total. The van der Waals surface area contributed by atoms with Crippen LogP contribution in [0.5, 0.6) is 5.75 Å². The van der Waals surface area contributed by atoms with Crippen molar-refractivity contribution in [3.8, 4) is 17.1 Å². The van der Waals surface area contributed by atoms with Gasteiger partial charge in [-0.25, -0.2) is 22.8 Å². The molecule has 0 aliphatic rings. The lowest BCUT2D eigenvalue weighted by Crippen LogP contribution is -1.99. The summed E-state index contributed by atoms with van der Waals surface area (Å²) in [7, 11) is -3.51. The summed E-state index contributed by atoms with van der Waals surface area (Å²) in [6.45, 7) is 0.179. The van der Waals surface area contributed by atoms with Gasteiger partial charge in [-0.1, -0.05) is 23.7 Å². The summed E-state index contributed by atoms with van der Waals surface area (Å²) in [4.78, 5) is 8.71. The topological polar surface area (TPSA) is 107 Å². The van der Waals surface area contributed by atoms with E-state index in [0.717, 1.165) is 23.4 Å². The fourth-order valence-electron chi connectivity index (χ4n) is 3.65. The summed E-state index contributed by atoms with van der Waals surface area (Å²) >= 11 is 6.44. The number of benzene rings is 3. The summed E-state index contributed by atoms with van der Waals surface area (Å²) in [5.74, 6) is 1.52. The van der Waals surface area contributed by atoms with Crippen molar-refractivity contribution >= 4 is 50.2 Å². The van der Waals surface area contributed by atoms with Gasteiger partial charge < -0.3 is 14.5 Å². The molecule has 0 saturated heterocycles. The van der Waals surface area contributed by atoms with Crippen molar-refractivity contribution < 1.29 is 22.0 Å². The Morgan fingerprint density at radius 1 is 1.08 bits per heavy atom. The Morgan fingerprint density at radius 3 is 2.74 bits per heavy atom. The van der Waals surface area contributed by atoms with Gasteiger partial charge in [0.25, 0.3) is 0 Å². The van der Waals surface area contributed by atoms with Gasteiger partial charge in [0.1, 0.15) is 41.8 Å². The highest BCUT2D eigenvalue weighted by molar-refractivity contribution is 7.89. The van der Waals surface area contributed by atoms with Gasteiger partial charge in [0.2, 0.25) is 10.0 Å². The van der Waals surface area contributed by atoms with Gasteiger partial charge in [-0.05, 0) is 66.2 Å². The molecule has 11 heteroatoms. The molecule has 0 amide bonds. The Labute approximate surface area is 222 Å². The molecular weight excluding hydrogens is 531 g/mol. The van der Waals surface area contributed by atoms with Crippen LogP contribution in [0.1, 0.15) is 11.3 Å². The largest absolute Gasteiger partial charge is 0.487 e. The number of fused-ring (bicyclic) bond motifs is 1. The van der Waals surface area contributed by atoms with Gasteiger partial charge in [-0.15, -0.1) is 0 Å². The maximum absolute atomic E-state index is 13.4. The van der Waals surface area contributed by atoms with Crippen molar-refractivity contribution in [1.29, 1.82) is 0 Å². The number of aromatic nitrogens is 2. The van der Waals surface area contributed by atoms with E-state index in [0.29, 0.717) is 44.9 Å². The number of ether oxygens (including phenoxy) is 1. The molecule has 5 aromatic rings. The van der Waals surface area contributed by atoms with E-state index in [4.69, 9.17) is 20.8 Å². The van der Waals surface area contributed by atoms with Crippen molar-refractivity contribution in [2.24, 2.45) is 4.40 Å². The third-order valence-corrected chi connectivity index (χ3v) is 6.18. The van der Waals surface area contributed by atoms with Crippen molar-refractivity contribution in [3.63, 3.8) is 0 Å². The first-order chi connectivity index (χ1) is 18.2. The third kappa shape index (κ3) is 6.16. The lowest BCUT2D eigenvalue weighted by molar-refractivity contribution is 0.306. The van der Waals surface area contributed by atoms with Gasteiger partial charge in [-0.3, -0.25) is 0 Å². The highest BCUT2D eigenvalue weighted by atomic mass is 35.5. The zero-order valence-electron chi connectivity index (χ0n) is 19.9. The fourth-order valence-corrected chi connectivity index (χ4v) is 4.19. The molecule has 0 spiro atoms. The number of nitrogens with one attached hydrogen (secondary N) is 1. The van der Waals surface area contributed by atoms with Gasteiger partial charge >= 0.3 is 0 Å². The first kappa shape index (κ1) is 25.4. The number of hydrogen-bond donors (Lipinski definition) is 1. The molecule has 0 bridgehead atoms. The molecule has 0 atom stereocenters. The molecule has 8 nitrogen and oxygen atoms in total. The monoisotopic (exact) mass is 550 g/mol. The van der Waals surface area contributed by atoms with E-state index in [2.05, 4.69) is 19.7 Å². The Hall–Kier alpha value is -4.28. The third-order valence-electron chi connectivity index (χ3n) is 5.40. The first-order valence-electron chi connectivity index (χ1n) is 11.3. The number of anilines is 2. The van der Waals surface area contributed by atoms with Gasteiger partial charge in [0.15, 0.2) is 0 Å². The molecule has 192 valence electrons. The molecule has 0 saturated carbocycles. The van der Waals surface area contributed by atoms with E-state index in [1.54, 1.807) is 42.5 Å². The van der Waals surface area contributed by atoms with Crippen LogP contribution < -0.4 is 10.1 Å². The molecule has 38 heavy (non-hydrogen) atoms. The van der Waals surface area contributed by atoms with Crippen LogP contribution in [0, 0.1) is 5.82 Å². The van der Waals surface area contributed by atoms with E-state index in [9.17, 15) is 12.8 Å². The second-order valence-corrected chi connectivity index (χ2v) is 10.4. The van der Waals surface area contributed by atoms with Crippen LogP contribution in [-0.2, 0) is 16.6 Å². The minimum Gasteiger partial charge on any atom is -0.487 e. The van der Waals surface area contributed by atoms with Crippen molar-refractivity contribution in [2.75, 3.05) is 11.6 Å². The lowest BCUT2D eigenvalue weighted by Gasteiger charge is -2.12. The maximum atomic E-state index is 13.4. The Balaban J connectivity index is 1.36. The smallest absolute Gasteiger partial charge is 0.250 e.